The van der Waals surface area contributed by atoms with E-state index >= 15 is 0 Å². The molecule has 25 heavy (non-hydrogen) atoms. The smallest absolute Gasteiger partial charge is 0.308 e. The van der Waals surface area contributed by atoms with Crippen molar-refractivity contribution in [3.05, 3.63) is 0 Å². The summed E-state index contributed by atoms with van der Waals surface area (Å²) in [7, 11) is 1.39. The van der Waals surface area contributed by atoms with Gasteiger partial charge in [0.2, 0.25) is 0 Å². The standard InChI is InChI=1S/C19H39NO5/c1-12(8-14(3)18(23)25-7)9-19(6,24)10-13(2)11-20-15(4)17(22)16(5)21/h12-17,20-22,24H,8-11H2,1-7H3/t12-,13+,14?,15?,16?,17?,19-/m0/s1. The number of hydrogen-bond donors (Lipinski definition) is 4. The summed E-state index contributed by atoms with van der Waals surface area (Å²) in [6, 6.07) is -0.216. The molecule has 0 aliphatic rings. The summed E-state index contributed by atoms with van der Waals surface area (Å²) in [5.41, 5.74) is -0.817. The molecule has 6 heteroatoms. The summed E-state index contributed by atoms with van der Waals surface area (Å²) in [6.07, 6.45) is 0.331. The van der Waals surface area contributed by atoms with Gasteiger partial charge in [0, 0.05) is 6.04 Å². The summed E-state index contributed by atoms with van der Waals surface area (Å²) in [5, 5.41) is 33.1. The first-order valence-electron chi connectivity index (χ1n) is 9.29. The van der Waals surface area contributed by atoms with E-state index in [2.05, 4.69) is 5.32 Å². The van der Waals surface area contributed by atoms with Gasteiger partial charge in [-0.1, -0.05) is 20.8 Å². The van der Waals surface area contributed by atoms with E-state index in [9.17, 15) is 20.1 Å². The van der Waals surface area contributed by atoms with Crippen LogP contribution in [0.1, 0.15) is 60.8 Å². The van der Waals surface area contributed by atoms with E-state index in [1.165, 1.54) is 7.11 Å². The fourth-order valence-corrected chi connectivity index (χ4v) is 3.57. The molecule has 6 nitrogen and oxygen atoms in total. The molecular formula is C19H39NO5. The normalized spacial score (nSPS) is 21.5. The number of aliphatic hydroxyl groups excluding tert-OH is 2. The van der Waals surface area contributed by atoms with E-state index in [0.717, 1.165) is 0 Å². The van der Waals surface area contributed by atoms with Crippen LogP contribution in [-0.2, 0) is 9.53 Å². The van der Waals surface area contributed by atoms with Crippen LogP contribution in [0.15, 0.2) is 0 Å². The number of ether oxygens (including phenoxy) is 1. The molecule has 0 heterocycles. The molecule has 0 fully saturated rings. The Kier molecular flexibility index (Phi) is 10.8. The molecule has 0 aromatic carbocycles. The molecule has 0 radical (unpaired) electrons. The van der Waals surface area contributed by atoms with Crippen LogP contribution in [-0.4, -0.2) is 58.8 Å². The third-order valence-corrected chi connectivity index (χ3v) is 4.73. The number of esters is 1. The van der Waals surface area contributed by atoms with Crippen molar-refractivity contribution in [3.8, 4) is 0 Å². The highest BCUT2D eigenvalue weighted by atomic mass is 16.5. The van der Waals surface area contributed by atoms with Crippen LogP contribution in [0.4, 0.5) is 0 Å². The predicted molar refractivity (Wildman–Crippen MR) is 99.1 cm³/mol. The Morgan fingerprint density at radius 1 is 1.08 bits per heavy atom. The second-order valence-corrected chi connectivity index (χ2v) is 8.20. The van der Waals surface area contributed by atoms with Crippen molar-refractivity contribution in [1.82, 2.24) is 5.32 Å². The molecular weight excluding hydrogens is 322 g/mol. The zero-order valence-electron chi connectivity index (χ0n) is 17.0. The lowest BCUT2D eigenvalue weighted by Gasteiger charge is -2.31. The lowest BCUT2D eigenvalue weighted by atomic mass is 9.82. The molecule has 0 saturated heterocycles. The molecule has 150 valence electrons. The van der Waals surface area contributed by atoms with E-state index in [1.54, 1.807) is 6.92 Å². The second-order valence-electron chi connectivity index (χ2n) is 8.20. The highest BCUT2D eigenvalue weighted by Crippen LogP contribution is 2.28. The van der Waals surface area contributed by atoms with Crippen LogP contribution in [0, 0.1) is 17.8 Å². The Morgan fingerprint density at radius 3 is 2.08 bits per heavy atom. The first-order valence-corrected chi connectivity index (χ1v) is 9.29. The van der Waals surface area contributed by atoms with Crippen LogP contribution < -0.4 is 5.32 Å². The van der Waals surface area contributed by atoms with Crippen LogP contribution >= 0.6 is 0 Å². The lowest BCUT2D eigenvalue weighted by molar-refractivity contribution is -0.145. The molecule has 4 N–H and O–H groups in total. The van der Waals surface area contributed by atoms with Crippen LogP contribution in [0.3, 0.4) is 0 Å². The lowest BCUT2D eigenvalue weighted by Crippen LogP contribution is -2.45. The monoisotopic (exact) mass is 361 g/mol. The Labute approximate surface area is 153 Å². The van der Waals surface area contributed by atoms with Gasteiger partial charge in [-0.15, -0.1) is 0 Å². The maximum Gasteiger partial charge on any atom is 0.308 e. The highest BCUT2D eigenvalue weighted by molar-refractivity contribution is 5.71. The number of hydrogen-bond acceptors (Lipinski definition) is 6. The maximum atomic E-state index is 11.5. The first-order chi connectivity index (χ1) is 11.4. The van der Waals surface area contributed by atoms with Crippen molar-refractivity contribution in [3.63, 3.8) is 0 Å². The van der Waals surface area contributed by atoms with Crippen LogP contribution in [0.5, 0.6) is 0 Å². The first kappa shape index (κ1) is 24.3. The molecule has 0 rings (SSSR count). The van der Waals surface area contributed by atoms with Crippen molar-refractivity contribution in [2.75, 3.05) is 13.7 Å². The van der Waals surface area contributed by atoms with Gasteiger partial charge in [-0.05, 0) is 58.4 Å². The molecule has 0 amide bonds. The van der Waals surface area contributed by atoms with Crippen molar-refractivity contribution in [2.24, 2.45) is 17.8 Å². The molecule has 0 aliphatic heterocycles. The van der Waals surface area contributed by atoms with Crippen molar-refractivity contribution in [2.45, 2.75) is 84.7 Å². The minimum absolute atomic E-state index is 0.169. The van der Waals surface area contributed by atoms with Gasteiger partial charge < -0.3 is 25.4 Å². The molecule has 0 bridgehead atoms. The quantitative estimate of drug-likeness (QED) is 0.395. The summed E-state index contributed by atoms with van der Waals surface area (Å²) in [5.74, 6) is 0.0385. The van der Waals surface area contributed by atoms with Gasteiger partial charge in [-0.3, -0.25) is 4.79 Å². The third kappa shape index (κ3) is 10.1. The van der Waals surface area contributed by atoms with Crippen LogP contribution in [0.2, 0.25) is 0 Å². The fourth-order valence-electron chi connectivity index (χ4n) is 3.57. The Balaban J connectivity index is 4.34. The van der Waals surface area contributed by atoms with E-state index in [4.69, 9.17) is 4.74 Å². The molecule has 4 unspecified atom stereocenters. The molecule has 0 aromatic heterocycles. The Morgan fingerprint density at radius 2 is 1.60 bits per heavy atom. The van der Waals surface area contributed by atoms with Crippen LogP contribution in [0.25, 0.3) is 0 Å². The number of aliphatic hydroxyl groups is 3. The van der Waals surface area contributed by atoms with Crippen molar-refractivity contribution < 1.29 is 24.9 Å². The number of carbonyl (C=O) groups excluding carboxylic acids is 1. The Bertz CT molecular complexity index is 386. The molecule has 7 atom stereocenters. The zero-order valence-corrected chi connectivity index (χ0v) is 17.0. The summed E-state index contributed by atoms with van der Waals surface area (Å²) in [6.45, 7) is 11.8. The topological polar surface area (TPSA) is 99.0 Å². The fraction of sp³-hybridized carbons (Fsp3) is 0.947. The molecule has 0 aromatic rings. The largest absolute Gasteiger partial charge is 0.469 e. The van der Waals surface area contributed by atoms with E-state index in [0.29, 0.717) is 25.8 Å². The van der Waals surface area contributed by atoms with Gasteiger partial charge >= 0.3 is 5.97 Å². The van der Waals surface area contributed by atoms with E-state index in [-0.39, 0.29) is 29.8 Å². The van der Waals surface area contributed by atoms with Crippen molar-refractivity contribution >= 4 is 5.97 Å². The maximum absolute atomic E-state index is 11.5. The average molecular weight is 362 g/mol. The summed E-state index contributed by atoms with van der Waals surface area (Å²) in [4.78, 5) is 11.5. The third-order valence-electron chi connectivity index (χ3n) is 4.73. The van der Waals surface area contributed by atoms with Gasteiger partial charge in [0.25, 0.3) is 0 Å². The summed E-state index contributed by atoms with van der Waals surface area (Å²) < 4.78 is 4.75. The molecule has 0 saturated carbocycles. The molecule has 0 aliphatic carbocycles. The van der Waals surface area contributed by atoms with Gasteiger partial charge in [0.1, 0.15) is 0 Å². The highest BCUT2D eigenvalue weighted by Gasteiger charge is 2.28. The van der Waals surface area contributed by atoms with Crippen molar-refractivity contribution in [1.29, 1.82) is 0 Å². The Hall–Kier alpha value is -0.690. The number of rotatable bonds is 12. The second kappa shape index (κ2) is 11.1. The molecule has 0 spiro atoms. The number of carbonyl (C=O) groups is 1. The minimum Gasteiger partial charge on any atom is -0.469 e. The van der Waals surface area contributed by atoms with Gasteiger partial charge in [0.05, 0.1) is 30.8 Å². The SMILES string of the molecule is COC(=O)C(C)C[C@H](C)C[C@](C)(O)C[C@@H](C)CNC(C)C(O)C(C)O. The zero-order chi connectivity index (χ0) is 19.8. The number of methoxy groups -OCH3 is 1. The van der Waals surface area contributed by atoms with E-state index < -0.39 is 17.8 Å². The van der Waals surface area contributed by atoms with E-state index in [1.807, 2.05) is 34.6 Å². The van der Waals surface area contributed by atoms with Gasteiger partial charge in [-0.2, -0.15) is 0 Å². The number of nitrogens with one attached hydrogen (secondary N) is 1. The van der Waals surface area contributed by atoms with Gasteiger partial charge in [-0.25, -0.2) is 0 Å². The predicted octanol–water partition coefficient (Wildman–Crippen LogP) is 1.71. The van der Waals surface area contributed by atoms with Gasteiger partial charge in [0.15, 0.2) is 0 Å². The minimum atomic E-state index is -0.817. The summed E-state index contributed by atoms with van der Waals surface area (Å²) >= 11 is 0. The average Bonchev–Trinajstić information content (AvgIpc) is 2.49.